The van der Waals surface area contributed by atoms with Crippen molar-refractivity contribution in [2.45, 2.75) is 63.1 Å². The van der Waals surface area contributed by atoms with Crippen LogP contribution in [0.5, 0.6) is 0 Å². The van der Waals surface area contributed by atoms with E-state index < -0.39 is 35.3 Å². The topological polar surface area (TPSA) is 133 Å². The molecule has 0 saturated heterocycles. The monoisotopic (exact) mass is 685 g/mol. The lowest BCUT2D eigenvalue weighted by Crippen LogP contribution is -2.62. The molecule has 266 valence electrons. The molecule has 0 radical (unpaired) electrons. The van der Waals surface area contributed by atoms with Gasteiger partial charge in [0, 0.05) is 12.5 Å². The van der Waals surface area contributed by atoms with Crippen molar-refractivity contribution in [2.75, 3.05) is 52.8 Å². The second-order valence-corrected chi connectivity index (χ2v) is 12.8. The summed E-state index contributed by atoms with van der Waals surface area (Å²) in [5.74, 6) is 6.47. The van der Waals surface area contributed by atoms with Gasteiger partial charge in [-0.1, -0.05) is 66.3 Å². The smallest absolute Gasteiger partial charge is 0.407 e. The van der Waals surface area contributed by atoms with Gasteiger partial charge in [-0.2, -0.15) is 0 Å². The Labute approximate surface area is 295 Å². The Balaban J connectivity index is 1.75. The van der Waals surface area contributed by atoms with Crippen LogP contribution in [0.4, 0.5) is 9.59 Å². The van der Waals surface area contributed by atoms with Crippen LogP contribution in [0.25, 0.3) is 11.1 Å². The van der Waals surface area contributed by atoms with Crippen molar-refractivity contribution in [2.24, 2.45) is 0 Å². The van der Waals surface area contributed by atoms with Crippen molar-refractivity contribution in [1.29, 1.82) is 0 Å². The molecule has 0 aromatic heterocycles. The molecule has 0 aliphatic heterocycles. The van der Waals surface area contributed by atoms with Crippen LogP contribution in [0, 0.1) is 37.0 Å². The lowest BCUT2D eigenvalue weighted by atomic mass is 9.98. The van der Waals surface area contributed by atoms with Crippen LogP contribution in [0.2, 0.25) is 0 Å². The predicted molar refractivity (Wildman–Crippen MR) is 190 cm³/mol. The van der Waals surface area contributed by atoms with Crippen molar-refractivity contribution in [1.82, 2.24) is 16.0 Å². The van der Waals surface area contributed by atoms with Gasteiger partial charge in [-0.05, 0) is 62.3 Å². The number of carbonyl (C=O) groups excluding carboxylic acids is 3. The van der Waals surface area contributed by atoms with E-state index in [2.05, 4.69) is 33.7 Å². The first-order valence-electron chi connectivity index (χ1n) is 16.5. The fourth-order valence-electron chi connectivity index (χ4n) is 5.53. The van der Waals surface area contributed by atoms with Gasteiger partial charge >= 0.3 is 12.2 Å². The summed E-state index contributed by atoms with van der Waals surface area (Å²) in [7, 11) is 0. The molecule has 0 saturated carbocycles. The molecule has 1 aliphatic rings. The van der Waals surface area contributed by atoms with E-state index in [0.29, 0.717) is 19.4 Å². The number of hydrogen-bond donors (Lipinski definition) is 3. The second-order valence-electron chi connectivity index (χ2n) is 12.8. The average molecular weight is 686 g/mol. The third kappa shape index (κ3) is 12.5. The standard InChI is InChI=1S/C39H47N3O8/c1-7-22-46-26-39(27-47-23-8-2,28-48-24-9-3)42-35(43)34(20-14-15-21-40-36(44)50-38(4,5)6)41-37(45)49-25-33-31-18-12-10-16-29(31)30-17-11-13-19-32(30)33/h1-3,10-13,16-19,33-34H,14-15,20-28H2,4-6H3,(H,40,44)(H,41,45)(H,42,43). The molecule has 11 nitrogen and oxygen atoms in total. The molecular weight excluding hydrogens is 638 g/mol. The molecule has 0 spiro atoms. The van der Waals surface area contributed by atoms with Gasteiger partial charge in [0.2, 0.25) is 5.91 Å². The van der Waals surface area contributed by atoms with Crippen molar-refractivity contribution in [3.05, 3.63) is 59.7 Å². The molecular formula is C39H47N3O8. The van der Waals surface area contributed by atoms with Crippen molar-refractivity contribution < 1.29 is 38.1 Å². The largest absolute Gasteiger partial charge is 0.449 e. The SMILES string of the molecule is C#CCOCC(COCC#C)(COCC#C)NC(=O)C(CCCCNC(=O)OC(C)(C)C)NC(=O)OCC1c2ccccc2-c2ccccc21. The van der Waals surface area contributed by atoms with Gasteiger partial charge < -0.3 is 39.6 Å². The number of unbranched alkanes of at least 4 members (excludes halogenated alkanes) is 1. The summed E-state index contributed by atoms with van der Waals surface area (Å²) in [6.07, 6.45) is 16.0. The molecule has 3 N–H and O–H groups in total. The van der Waals surface area contributed by atoms with Gasteiger partial charge in [-0.15, -0.1) is 19.3 Å². The summed E-state index contributed by atoms with van der Waals surface area (Å²) in [6, 6.07) is 15.0. The van der Waals surface area contributed by atoms with Crippen LogP contribution in [0.3, 0.4) is 0 Å². The number of nitrogens with one attached hydrogen (secondary N) is 3. The Morgan fingerprint density at radius 2 is 1.30 bits per heavy atom. The maximum atomic E-state index is 14.0. The predicted octanol–water partition coefficient (Wildman–Crippen LogP) is 4.39. The number of amides is 3. The molecule has 1 aliphatic carbocycles. The number of terminal acetylenes is 3. The lowest BCUT2D eigenvalue weighted by Gasteiger charge is -2.35. The molecule has 11 heteroatoms. The van der Waals surface area contributed by atoms with Crippen LogP contribution < -0.4 is 16.0 Å². The third-order valence-electron chi connectivity index (χ3n) is 7.62. The summed E-state index contributed by atoms with van der Waals surface area (Å²) in [5, 5.41) is 8.38. The molecule has 3 rings (SSSR count). The Kier molecular flexibility index (Phi) is 15.7. The second kappa shape index (κ2) is 19.9. The van der Waals surface area contributed by atoms with E-state index in [4.69, 9.17) is 43.0 Å². The van der Waals surface area contributed by atoms with Gasteiger partial charge in [0.1, 0.15) is 43.6 Å². The van der Waals surface area contributed by atoms with E-state index in [1.807, 2.05) is 48.5 Å². The van der Waals surface area contributed by atoms with Gasteiger partial charge in [-0.25, -0.2) is 9.59 Å². The van der Waals surface area contributed by atoms with Crippen LogP contribution in [0.1, 0.15) is 57.1 Å². The Morgan fingerprint density at radius 3 is 1.80 bits per heavy atom. The zero-order valence-corrected chi connectivity index (χ0v) is 29.0. The first kappa shape index (κ1) is 39.4. The number of ether oxygens (including phenoxy) is 5. The molecule has 0 fully saturated rings. The minimum Gasteiger partial charge on any atom is -0.449 e. The highest BCUT2D eigenvalue weighted by atomic mass is 16.6. The van der Waals surface area contributed by atoms with E-state index in [1.165, 1.54) is 0 Å². The zero-order valence-electron chi connectivity index (χ0n) is 29.0. The maximum Gasteiger partial charge on any atom is 0.407 e. The van der Waals surface area contributed by atoms with Crippen molar-refractivity contribution >= 4 is 18.1 Å². The number of alkyl carbamates (subject to hydrolysis) is 2. The van der Waals surface area contributed by atoms with E-state index in [0.717, 1.165) is 22.3 Å². The van der Waals surface area contributed by atoms with Gasteiger partial charge in [-0.3, -0.25) is 4.79 Å². The number of fused-ring (bicyclic) bond motifs is 3. The van der Waals surface area contributed by atoms with Crippen LogP contribution >= 0.6 is 0 Å². The third-order valence-corrected chi connectivity index (χ3v) is 7.62. The van der Waals surface area contributed by atoms with Gasteiger partial charge in [0.15, 0.2) is 0 Å². The molecule has 2 aromatic rings. The first-order valence-corrected chi connectivity index (χ1v) is 16.5. The summed E-state index contributed by atoms with van der Waals surface area (Å²) < 4.78 is 27.9. The highest BCUT2D eigenvalue weighted by Gasteiger charge is 2.37. The fourth-order valence-corrected chi connectivity index (χ4v) is 5.53. The lowest BCUT2D eigenvalue weighted by molar-refractivity contribution is -0.129. The fraction of sp³-hybridized carbons (Fsp3) is 0.462. The highest BCUT2D eigenvalue weighted by molar-refractivity contribution is 5.86. The molecule has 1 atom stereocenters. The Bertz CT molecular complexity index is 1470. The minimum absolute atomic E-state index is 0.0338. The average Bonchev–Trinajstić information content (AvgIpc) is 3.39. The number of benzene rings is 2. The molecule has 0 bridgehead atoms. The van der Waals surface area contributed by atoms with E-state index in [9.17, 15) is 14.4 Å². The molecule has 50 heavy (non-hydrogen) atoms. The zero-order chi connectivity index (χ0) is 36.4. The summed E-state index contributed by atoms with van der Waals surface area (Å²) in [6.45, 7) is 5.33. The van der Waals surface area contributed by atoms with E-state index >= 15 is 0 Å². The minimum atomic E-state index is -1.25. The van der Waals surface area contributed by atoms with Crippen LogP contribution in [-0.2, 0) is 28.5 Å². The summed E-state index contributed by atoms with van der Waals surface area (Å²) >= 11 is 0. The highest BCUT2D eigenvalue weighted by Crippen LogP contribution is 2.44. The van der Waals surface area contributed by atoms with Crippen molar-refractivity contribution in [3.63, 3.8) is 0 Å². The first-order chi connectivity index (χ1) is 24.0. The molecule has 0 heterocycles. The molecule has 3 amide bonds. The van der Waals surface area contributed by atoms with Gasteiger partial charge in [0.25, 0.3) is 0 Å². The van der Waals surface area contributed by atoms with Crippen molar-refractivity contribution in [3.8, 4) is 48.2 Å². The van der Waals surface area contributed by atoms with E-state index in [1.54, 1.807) is 20.8 Å². The van der Waals surface area contributed by atoms with Crippen LogP contribution in [0.15, 0.2) is 48.5 Å². The normalized spacial score (nSPS) is 12.6. The maximum absolute atomic E-state index is 14.0. The Morgan fingerprint density at radius 1 is 0.780 bits per heavy atom. The molecule has 2 aromatic carbocycles. The Hall–Kier alpha value is -4.99. The molecule has 1 unspecified atom stereocenters. The van der Waals surface area contributed by atoms with Crippen LogP contribution in [-0.4, -0.2) is 88.1 Å². The van der Waals surface area contributed by atoms with E-state index in [-0.39, 0.29) is 58.6 Å². The number of rotatable bonds is 19. The quantitative estimate of drug-likeness (QED) is 0.147. The summed E-state index contributed by atoms with van der Waals surface area (Å²) in [5.41, 5.74) is 2.42. The van der Waals surface area contributed by atoms with Gasteiger partial charge in [0.05, 0.1) is 19.8 Å². The number of carbonyl (C=O) groups is 3. The number of hydrogen-bond acceptors (Lipinski definition) is 8. The summed E-state index contributed by atoms with van der Waals surface area (Å²) in [4.78, 5) is 39.4.